The molecule has 3 rings (SSSR count). The fourth-order valence-electron chi connectivity index (χ4n) is 4.98. The van der Waals surface area contributed by atoms with Crippen LogP contribution in [0.4, 0.5) is 5.69 Å². The van der Waals surface area contributed by atoms with Crippen LogP contribution in [0.15, 0.2) is 12.1 Å². The summed E-state index contributed by atoms with van der Waals surface area (Å²) in [5.41, 5.74) is 4.48. The van der Waals surface area contributed by atoms with Crippen LogP contribution in [0.3, 0.4) is 0 Å². The van der Waals surface area contributed by atoms with Gasteiger partial charge < -0.3 is 9.80 Å². The van der Waals surface area contributed by atoms with E-state index < -0.39 is 0 Å². The summed E-state index contributed by atoms with van der Waals surface area (Å²) in [7, 11) is 0. The van der Waals surface area contributed by atoms with Crippen LogP contribution in [0.2, 0.25) is 0 Å². The third-order valence-electron chi connectivity index (χ3n) is 6.50. The first kappa shape index (κ1) is 21.1. The number of hydrogen-bond donors (Lipinski definition) is 1. The summed E-state index contributed by atoms with van der Waals surface area (Å²) in [6.45, 7) is 12.0. The van der Waals surface area contributed by atoms with E-state index in [2.05, 4.69) is 45.1 Å². The van der Waals surface area contributed by atoms with Crippen molar-refractivity contribution in [1.29, 1.82) is 0 Å². The Hall–Kier alpha value is -0.246. The fourth-order valence-corrected chi connectivity index (χ4v) is 4.98. The molecule has 0 bridgehead atoms. The number of aryl methyl sites for hydroxylation is 3. The van der Waals surface area contributed by atoms with Gasteiger partial charge in [-0.25, -0.2) is 0 Å². The van der Waals surface area contributed by atoms with Gasteiger partial charge in [-0.3, -0.25) is 4.79 Å². The molecule has 2 fully saturated rings. The molecule has 1 aliphatic carbocycles. The zero-order valence-electron chi connectivity index (χ0n) is 16.5. The van der Waals surface area contributed by atoms with Gasteiger partial charge in [-0.05, 0) is 64.5 Å². The molecule has 25 heavy (non-hydrogen) atoms. The zero-order valence-corrected chi connectivity index (χ0v) is 19.3. The number of carbonyl (C=O) groups is 1. The van der Waals surface area contributed by atoms with Crippen LogP contribution in [0.25, 0.3) is 0 Å². The van der Waals surface area contributed by atoms with E-state index >= 15 is 0 Å². The van der Waals surface area contributed by atoms with E-state index in [1.807, 2.05) is 0 Å². The molecule has 1 N–H and O–H groups in total. The standard InChI is InChI=1S/C21H32N2O.Y/c1-5-23(12-8-6-7-9-13-23)21(10-11-21)20(24)22-19-17(3)14-16(2)15-18(19)4;/h14-15H,5-13H2,1-4H3;/p+1. The minimum absolute atomic E-state index is 0. The topological polar surface area (TPSA) is 29.1 Å². The smallest absolute Gasteiger partial charge is 0.285 e. The molecule has 0 unspecified atom stereocenters. The number of rotatable bonds is 4. The van der Waals surface area contributed by atoms with E-state index in [-0.39, 0.29) is 44.2 Å². The van der Waals surface area contributed by atoms with E-state index in [9.17, 15) is 4.79 Å². The number of hydrogen-bond acceptors (Lipinski definition) is 1. The van der Waals surface area contributed by atoms with Crippen molar-refractivity contribution in [2.75, 3.05) is 25.0 Å². The van der Waals surface area contributed by atoms with E-state index in [4.69, 9.17) is 0 Å². The van der Waals surface area contributed by atoms with E-state index in [0.717, 1.165) is 29.6 Å². The van der Waals surface area contributed by atoms with Gasteiger partial charge in [-0.15, -0.1) is 0 Å². The first-order valence-electron chi connectivity index (χ1n) is 9.70. The predicted molar refractivity (Wildman–Crippen MR) is 100 cm³/mol. The second-order valence-corrected chi connectivity index (χ2v) is 8.08. The van der Waals surface area contributed by atoms with Gasteiger partial charge in [0.25, 0.3) is 5.91 Å². The number of nitrogens with zero attached hydrogens (tertiary/aromatic N) is 1. The van der Waals surface area contributed by atoms with Crippen molar-refractivity contribution in [2.24, 2.45) is 0 Å². The molecule has 1 saturated carbocycles. The molecule has 0 aromatic heterocycles. The number of likely N-dealkylation sites (N-methyl/N-ethyl adjacent to an activating group) is 1. The third kappa shape index (κ3) is 3.89. The normalized spacial score (nSPS) is 21.0. The number of benzene rings is 1. The molecule has 1 aromatic carbocycles. The van der Waals surface area contributed by atoms with Crippen molar-refractivity contribution in [3.05, 3.63) is 28.8 Å². The van der Waals surface area contributed by atoms with E-state index in [0.29, 0.717) is 0 Å². The number of anilines is 1. The Bertz CT molecular complexity index is 606. The van der Waals surface area contributed by atoms with Crippen LogP contribution in [-0.2, 0) is 37.5 Å². The number of amides is 1. The average Bonchev–Trinajstić information content (AvgIpc) is 3.34. The van der Waals surface area contributed by atoms with Gasteiger partial charge in [0.2, 0.25) is 0 Å². The van der Waals surface area contributed by atoms with Crippen molar-refractivity contribution >= 4 is 11.6 Å². The van der Waals surface area contributed by atoms with Crippen LogP contribution in [-0.4, -0.2) is 35.6 Å². The maximum atomic E-state index is 13.3. The van der Waals surface area contributed by atoms with Crippen LogP contribution in [0, 0.1) is 20.8 Å². The molecule has 1 aromatic rings. The van der Waals surface area contributed by atoms with Gasteiger partial charge in [0.1, 0.15) is 0 Å². The Morgan fingerprint density at radius 1 is 1.04 bits per heavy atom. The van der Waals surface area contributed by atoms with Crippen molar-refractivity contribution in [3.8, 4) is 0 Å². The summed E-state index contributed by atoms with van der Waals surface area (Å²) in [6, 6.07) is 4.33. The van der Waals surface area contributed by atoms with Crippen molar-refractivity contribution in [2.45, 2.75) is 71.8 Å². The maximum Gasteiger partial charge on any atom is 0.285 e. The Morgan fingerprint density at radius 3 is 2.00 bits per heavy atom. The van der Waals surface area contributed by atoms with Crippen molar-refractivity contribution in [3.63, 3.8) is 0 Å². The van der Waals surface area contributed by atoms with Gasteiger partial charge in [0.15, 0.2) is 5.54 Å². The SMILES string of the molecule is CC[N+]1(C2(C(=O)Nc3c(C)cc(C)cc3C)CC2)CCCCCC1.[Y]. The van der Waals surface area contributed by atoms with E-state index in [1.165, 1.54) is 55.5 Å². The third-order valence-corrected chi connectivity index (χ3v) is 6.50. The summed E-state index contributed by atoms with van der Waals surface area (Å²) in [5, 5.41) is 3.33. The summed E-state index contributed by atoms with van der Waals surface area (Å²) >= 11 is 0. The predicted octanol–water partition coefficient (Wildman–Crippen LogP) is 4.49. The molecule has 0 atom stereocenters. The van der Waals surface area contributed by atoms with E-state index in [1.54, 1.807) is 0 Å². The Kier molecular flexibility index (Phi) is 6.90. The first-order valence-corrected chi connectivity index (χ1v) is 9.70. The second-order valence-electron chi connectivity index (χ2n) is 8.08. The Morgan fingerprint density at radius 2 is 1.56 bits per heavy atom. The molecule has 4 heteroatoms. The summed E-state index contributed by atoms with van der Waals surface area (Å²) < 4.78 is 1.02. The van der Waals surface area contributed by atoms with Gasteiger partial charge in [0, 0.05) is 51.2 Å². The number of quaternary nitrogens is 1. The summed E-state index contributed by atoms with van der Waals surface area (Å²) in [4.78, 5) is 13.3. The minimum Gasteiger partial charge on any atom is -0.320 e. The summed E-state index contributed by atoms with van der Waals surface area (Å²) in [6.07, 6.45) is 7.30. The molecule has 3 nitrogen and oxygen atoms in total. The van der Waals surface area contributed by atoms with Crippen LogP contribution in [0.5, 0.6) is 0 Å². The molecule has 1 aliphatic heterocycles. The minimum atomic E-state index is -0.164. The molecule has 2 aliphatic rings. The van der Waals surface area contributed by atoms with Gasteiger partial charge in [-0.1, -0.05) is 17.7 Å². The maximum absolute atomic E-state index is 13.3. The van der Waals surface area contributed by atoms with Crippen LogP contribution < -0.4 is 5.32 Å². The second kappa shape index (κ2) is 8.19. The van der Waals surface area contributed by atoms with Crippen molar-refractivity contribution in [1.82, 2.24) is 0 Å². The summed E-state index contributed by atoms with van der Waals surface area (Å²) in [5.74, 6) is 0.265. The van der Waals surface area contributed by atoms with Crippen molar-refractivity contribution < 1.29 is 42.0 Å². The number of nitrogens with one attached hydrogen (secondary N) is 1. The van der Waals surface area contributed by atoms with Gasteiger partial charge in [-0.2, -0.15) is 0 Å². The van der Waals surface area contributed by atoms with Gasteiger partial charge in [0.05, 0.1) is 19.6 Å². The molecule has 0 spiro atoms. The molecular weight excluding hydrogens is 385 g/mol. The quantitative estimate of drug-likeness (QED) is 0.718. The average molecular weight is 418 g/mol. The zero-order chi connectivity index (χ0) is 17.4. The first-order chi connectivity index (χ1) is 11.4. The Balaban J connectivity index is 0.00000225. The molecular formula is C21H33N2OY+. The van der Waals surface area contributed by atoms with Crippen LogP contribution >= 0.6 is 0 Å². The molecule has 1 saturated heterocycles. The largest absolute Gasteiger partial charge is 0.320 e. The van der Waals surface area contributed by atoms with Gasteiger partial charge >= 0.3 is 0 Å². The van der Waals surface area contributed by atoms with Crippen LogP contribution in [0.1, 0.15) is 62.1 Å². The fraction of sp³-hybridized carbons (Fsp3) is 0.667. The molecule has 1 radical (unpaired) electrons. The number of carbonyl (C=O) groups excluding carboxylic acids is 1. The monoisotopic (exact) mass is 418 g/mol. The molecule has 1 amide bonds. The Labute approximate surface area is 178 Å². The molecule has 1 heterocycles. The molecule has 135 valence electrons. The number of likely N-dealkylation sites (tertiary alicyclic amines) is 1.